The first-order valence-electron chi connectivity index (χ1n) is 10.3. The lowest BCUT2D eigenvalue weighted by molar-refractivity contribution is 0.172. The van der Waals surface area contributed by atoms with Gasteiger partial charge in [0.15, 0.2) is 0 Å². The Labute approximate surface area is 170 Å². The molecule has 1 fully saturated rings. The highest BCUT2D eigenvalue weighted by molar-refractivity contribution is 5.70. The molecule has 0 aliphatic carbocycles. The van der Waals surface area contributed by atoms with Gasteiger partial charge < -0.3 is 10.4 Å². The number of fused-ring (bicyclic) bond motifs is 3. The molecule has 5 rings (SSSR count). The van der Waals surface area contributed by atoms with Crippen molar-refractivity contribution < 1.29 is 9.50 Å². The maximum absolute atomic E-state index is 13.3. The Balaban J connectivity index is 1.52. The van der Waals surface area contributed by atoms with Crippen molar-refractivity contribution >= 4 is 5.69 Å². The molecule has 3 aromatic rings. The monoisotopic (exact) mass is 388 g/mol. The summed E-state index contributed by atoms with van der Waals surface area (Å²) in [6, 6.07) is 24.1. The van der Waals surface area contributed by atoms with Crippen LogP contribution in [0.15, 0.2) is 72.8 Å². The fourth-order valence-electron chi connectivity index (χ4n) is 4.97. The van der Waals surface area contributed by atoms with Crippen LogP contribution < -0.4 is 5.32 Å². The van der Waals surface area contributed by atoms with Crippen molar-refractivity contribution in [3.8, 4) is 11.1 Å². The van der Waals surface area contributed by atoms with Crippen LogP contribution >= 0.6 is 0 Å². The predicted molar refractivity (Wildman–Crippen MR) is 114 cm³/mol. The Bertz CT molecular complexity index is 989. The molecular formula is C25H25FN2O. The summed E-state index contributed by atoms with van der Waals surface area (Å²) in [5, 5.41) is 13.5. The van der Waals surface area contributed by atoms with Gasteiger partial charge in [-0.15, -0.1) is 0 Å². The van der Waals surface area contributed by atoms with Gasteiger partial charge in [0.25, 0.3) is 0 Å². The van der Waals surface area contributed by atoms with Crippen molar-refractivity contribution in [3.05, 3.63) is 89.7 Å². The van der Waals surface area contributed by atoms with E-state index in [9.17, 15) is 9.50 Å². The molecule has 0 unspecified atom stereocenters. The van der Waals surface area contributed by atoms with Gasteiger partial charge in [-0.1, -0.05) is 48.5 Å². The zero-order chi connectivity index (χ0) is 19.8. The number of nitrogens with one attached hydrogen (secondary N) is 1. The lowest BCUT2D eigenvalue weighted by Gasteiger charge is -2.39. The molecule has 29 heavy (non-hydrogen) atoms. The van der Waals surface area contributed by atoms with E-state index >= 15 is 0 Å². The van der Waals surface area contributed by atoms with Crippen molar-refractivity contribution in [2.45, 2.75) is 25.0 Å². The molecule has 148 valence electrons. The minimum atomic E-state index is -0.201. The van der Waals surface area contributed by atoms with E-state index < -0.39 is 0 Å². The second-order valence-electron chi connectivity index (χ2n) is 8.10. The molecule has 0 aromatic heterocycles. The maximum Gasteiger partial charge on any atom is 0.123 e. The summed E-state index contributed by atoms with van der Waals surface area (Å²) in [7, 11) is 0. The summed E-state index contributed by atoms with van der Waals surface area (Å²) < 4.78 is 13.3. The lowest BCUT2D eigenvalue weighted by atomic mass is 9.82. The number of hydrogen-bond donors (Lipinski definition) is 2. The third-order valence-corrected chi connectivity index (χ3v) is 6.38. The smallest absolute Gasteiger partial charge is 0.123 e. The van der Waals surface area contributed by atoms with Gasteiger partial charge in [0.1, 0.15) is 5.82 Å². The molecule has 0 radical (unpaired) electrons. The summed E-state index contributed by atoms with van der Waals surface area (Å²) in [4.78, 5) is 2.48. The number of halogens is 1. The number of anilines is 1. The molecule has 3 nitrogen and oxygen atoms in total. The average Bonchev–Trinajstić information content (AvgIpc) is 3.19. The van der Waals surface area contributed by atoms with E-state index in [0.717, 1.165) is 30.8 Å². The van der Waals surface area contributed by atoms with E-state index in [2.05, 4.69) is 52.7 Å². The van der Waals surface area contributed by atoms with Gasteiger partial charge in [-0.2, -0.15) is 0 Å². The summed E-state index contributed by atoms with van der Waals surface area (Å²) in [6.45, 7) is 1.89. The molecule has 2 N–H and O–H groups in total. The van der Waals surface area contributed by atoms with Gasteiger partial charge in [0.05, 0.1) is 12.6 Å². The van der Waals surface area contributed by atoms with E-state index in [-0.39, 0.29) is 24.5 Å². The number of aliphatic hydroxyl groups is 1. The average molecular weight is 388 g/mol. The molecule has 1 saturated heterocycles. The van der Waals surface area contributed by atoms with Crippen molar-refractivity contribution in [1.82, 2.24) is 4.90 Å². The Kier molecular flexibility index (Phi) is 4.82. The molecule has 3 aromatic carbocycles. The van der Waals surface area contributed by atoms with Crippen LogP contribution in [0.1, 0.15) is 23.6 Å². The van der Waals surface area contributed by atoms with E-state index in [1.54, 1.807) is 0 Å². The van der Waals surface area contributed by atoms with Crippen LogP contribution in [0.3, 0.4) is 0 Å². The summed E-state index contributed by atoms with van der Waals surface area (Å²) in [5.74, 6) is 0.159. The van der Waals surface area contributed by atoms with E-state index in [4.69, 9.17) is 0 Å². The van der Waals surface area contributed by atoms with Crippen LogP contribution in [-0.4, -0.2) is 29.2 Å². The van der Waals surface area contributed by atoms with Gasteiger partial charge in [-0.3, -0.25) is 4.90 Å². The highest BCUT2D eigenvalue weighted by Crippen LogP contribution is 2.47. The number of hydrogen-bond acceptors (Lipinski definition) is 3. The number of nitrogens with zero attached hydrogens (tertiary/aromatic N) is 1. The molecule has 3 atom stereocenters. The number of likely N-dealkylation sites (tertiary alicyclic amines) is 1. The molecule has 2 aliphatic rings. The largest absolute Gasteiger partial charge is 0.394 e. The molecule has 0 amide bonds. The van der Waals surface area contributed by atoms with Crippen molar-refractivity contribution in [3.63, 3.8) is 0 Å². The Morgan fingerprint density at radius 2 is 1.76 bits per heavy atom. The topological polar surface area (TPSA) is 35.5 Å². The minimum absolute atomic E-state index is 0.0632. The zero-order valence-electron chi connectivity index (χ0n) is 16.3. The molecule has 2 heterocycles. The Morgan fingerprint density at radius 1 is 0.966 bits per heavy atom. The van der Waals surface area contributed by atoms with E-state index in [0.29, 0.717) is 5.92 Å². The summed E-state index contributed by atoms with van der Waals surface area (Å²) in [5.41, 5.74) is 5.93. The first-order valence-corrected chi connectivity index (χ1v) is 10.3. The van der Waals surface area contributed by atoms with Crippen molar-refractivity contribution in [1.29, 1.82) is 0 Å². The quantitative estimate of drug-likeness (QED) is 0.671. The number of benzene rings is 3. The highest BCUT2D eigenvalue weighted by atomic mass is 19.1. The minimum Gasteiger partial charge on any atom is -0.394 e. The SMILES string of the molecule is OC[C@H]1Nc2ccc(-c3ccccc3)cc2[C@H]2[C@@H]1CCN2Cc1ccc(F)cc1. The first-order chi connectivity index (χ1) is 14.2. The van der Waals surface area contributed by atoms with Crippen LogP contribution in [0.5, 0.6) is 0 Å². The first kappa shape index (κ1) is 18.3. The third kappa shape index (κ3) is 3.43. The van der Waals surface area contributed by atoms with Gasteiger partial charge in [-0.25, -0.2) is 4.39 Å². The van der Waals surface area contributed by atoms with Gasteiger partial charge in [0, 0.05) is 24.2 Å². The van der Waals surface area contributed by atoms with Crippen LogP contribution in [0, 0.1) is 11.7 Å². The Morgan fingerprint density at radius 3 is 2.52 bits per heavy atom. The van der Waals surface area contributed by atoms with Gasteiger partial charge in [-0.05, 0) is 59.5 Å². The molecule has 0 spiro atoms. The van der Waals surface area contributed by atoms with Crippen LogP contribution in [0.25, 0.3) is 11.1 Å². The maximum atomic E-state index is 13.3. The predicted octanol–water partition coefficient (Wildman–Crippen LogP) is 4.84. The number of aliphatic hydroxyl groups excluding tert-OH is 1. The fourth-order valence-corrected chi connectivity index (χ4v) is 4.97. The number of rotatable bonds is 4. The molecule has 0 saturated carbocycles. The normalized spacial score (nSPS) is 23.3. The van der Waals surface area contributed by atoms with Crippen LogP contribution in [0.4, 0.5) is 10.1 Å². The van der Waals surface area contributed by atoms with Gasteiger partial charge in [0.2, 0.25) is 0 Å². The van der Waals surface area contributed by atoms with E-state index in [1.807, 2.05) is 18.2 Å². The fraction of sp³-hybridized carbons (Fsp3) is 0.280. The summed E-state index contributed by atoms with van der Waals surface area (Å²) >= 11 is 0. The van der Waals surface area contributed by atoms with Gasteiger partial charge >= 0.3 is 0 Å². The standard InChI is InChI=1S/C25H25FN2O/c26-20-9-6-17(7-10-20)15-28-13-12-21-24(16-29)27-23-11-8-19(14-22(23)25(21)28)18-4-2-1-3-5-18/h1-11,14,21,24-25,27,29H,12-13,15-16H2/t21-,24-,25-/m1/s1. The second-order valence-corrected chi connectivity index (χ2v) is 8.10. The van der Waals surface area contributed by atoms with E-state index in [1.165, 1.54) is 28.8 Å². The van der Waals surface area contributed by atoms with Crippen molar-refractivity contribution in [2.24, 2.45) is 5.92 Å². The van der Waals surface area contributed by atoms with Crippen LogP contribution in [-0.2, 0) is 6.54 Å². The Hall–Kier alpha value is -2.69. The lowest BCUT2D eigenvalue weighted by Crippen LogP contribution is -2.41. The second kappa shape index (κ2) is 7.62. The molecule has 4 heteroatoms. The molecular weight excluding hydrogens is 363 g/mol. The van der Waals surface area contributed by atoms with Crippen LogP contribution in [0.2, 0.25) is 0 Å². The summed E-state index contributed by atoms with van der Waals surface area (Å²) in [6.07, 6.45) is 1.04. The zero-order valence-corrected chi connectivity index (χ0v) is 16.3. The highest BCUT2D eigenvalue weighted by Gasteiger charge is 2.43. The molecule has 0 bridgehead atoms. The third-order valence-electron chi connectivity index (χ3n) is 6.38. The van der Waals surface area contributed by atoms with Crippen molar-refractivity contribution in [2.75, 3.05) is 18.5 Å². The molecule has 2 aliphatic heterocycles.